The van der Waals surface area contributed by atoms with Crippen molar-refractivity contribution in [1.82, 2.24) is 0 Å². The first-order chi connectivity index (χ1) is 9.60. The van der Waals surface area contributed by atoms with Gasteiger partial charge in [-0.05, 0) is 55.4 Å². The number of rotatable bonds is 5. The van der Waals surface area contributed by atoms with Crippen molar-refractivity contribution >= 4 is 17.4 Å². The van der Waals surface area contributed by atoms with Crippen LogP contribution < -0.4 is 0 Å². The van der Waals surface area contributed by atoms with Gasteiger partial charge in [0.05, 0.1) is 0 Å². The average Bonchev–Trinajstić information content (AvgIpc) is 2.44. The Morgan fingerprint density at radius 2 is 2.00 bits per heavy atom. The van der Waals surface area contributed by atoms with Crippen molar-refractivity contribution in [3.05, 3.63) is 34.6 Å². The summed E-state index contributed by atoms with van der Waals surface area (Å²) in [5.41, 5.74) is 0.618. The minimum atomic E-state index is -0.330. The summed E-state index contributed by atoms with van der Waals surface area (Å²) in [6, 6.07) is 4.23. The molecule has 3 heteroatoms. The molecule has 0 aliphatic heterocycles. The highest BCUT2D eigenvalue weighted by atomic mass is 35.5. The molecule has 0 radical (unpaired) electrons. The summed E-state index contributed by atoms with van der Waals surface area (Å²) in [6.07, 6.45) is 7.04. The predicted molar refractivity (Wildman–Crippen MR) is 80.5 cm³/mol. The summed E-state index contributed by atoms with van der Waals surface area (Å²) in [7, 11) is 0. The van der Waals surface area contributed by atoms with Gasteiger partial charge in [0, 0.05) is 17.4 Å². The second kappa shape index (κ2) is 7.21. The number of carbonyl (C=O) groups excluding carboxylic acids is 1. The number of halogens is 2. The van der Waals surface area contributed by atoms with E-state index in [2.05, 4.69) is 6.92 Å². The smallest absolute Gasteiger partial charge is 0.140 e. The molecule has 0 spiro atoms. The maximum Gasteiger partial charge on any atom is 0.140 e. The summed E-state index contributed by atoms with van der Waals surface area (Å²) in [5, 5.41) is 0.486. The van der Waals surface area contributed by atoms with E-state index >= 15 is 0 Å². The molecule has 0 bridgehead atoms. The number of Topliss-reactive ketones (excluding diaryl/α,β-unsaturated/α-hetero) is 1. The van der Waals surface area contributed by atoms with Gasteiger partial charge in [-0.2, -0.15) is 0 Å². The largest absolute Gasteiger partial charge is 0.299 e. The van der Waals surface area contributed by atoms with Gasteiger partial charge in [0.25, 0.3) is 0 Å². The van der Waals surface area contributed by atoms with Crippen LogP contribution in [0, 0.1) is 17.7 Å². The molecule has 1 aliphatic rings. The van der Waals surface area contributed by atoms with E-state index in [1.807, 2.05) is 0 Å². The van der Waals surface area contributed by atoms with Gasteiger partial charge in [-0.3, -0.25) is 4.79 Å². The highest BCUT2D eigenvalue weighted by Gasteiger charge is 2.26. The lowest BCUT2D eigenvalue weighted by atomic mass is 9.77. The Morgan fingerprint density at radius 3 is 2.65 bits per heavy atom. The number of benzene rings is 1. The summed E-state index contributed by atoms with van der Waals surface area (Å²) >= 11 is 6.02. The van der Waals surface area contributed by atoms with E-state index in [-0.39, 0.29) is 23.9 Å². The van der Waals surface area contributed by atoms with Crippen LogP contribution in [0.25, 0.3) is 0 Å². The van der Waals surface area contributed by atoms with E-state index in [1.165, 1.54) is 31.0 Å². The van der Waals surface area contributed by atoms with E-state index in [4.69, 9.17) is 11.6 Å². The maximum absolute atomic E-state index is 13.2. The van der Waals surface area contributed by atoms with Crippen LogP contribution in [0.15, 0.2) is 18.2 Å². The first-order valence-corrected chi connectivity index (χ1v) is 7.94. The Morgan fingerprint density at radius 1 is 1.30 bits per heavy atom. The van der Waals surface area contributed by atoms with Crippen LogP contribution in [0.2, 0.25) is 5.02 Å². The Bertz CT molecular complexity index is 464. The molecule has 0 amide bonds. The minimum absolute atomic E-state index is 0.141. The first-order valence-electron chi connectivity index (χ1n) is 7.56. The second-order valence-electron chi connectivity index (χ2n) is 5.89. The Kier molecular flexibility index (Phi) is 5.59. The summed E-state index contributed by atoms with van der Waals surface area (Å²) in [4.78, 5) is 12.3. The Balaban J connectivity index is 1.91. The fourth-order valence-electron chi connectivity index (χ4n) is 3.19. The molecule has 0 atom stereocenters. The van der Waals surface area contributed by atoms with Crippen LogP contribution in [0.1, 0.15) is 51.0 Å². The number of carbonyl (C=O) groups is 1. The van der Waals surface area contributed by atoms with Gasteiger partial charge in [0.2, 0.25) is 0 Å². The van der Waals surface area contributed by atoms with Gasteiger partial charge in [-0.15, -0.1) is 0 Å². The fraction of sp³-hybridized carbons (Fsp3) is 0.588. The fourth-order valence-corrected chi connectivity index (χ4v) is 3.38. The summed E-state index contributed by atoms with van der Waals surface area (Å²) in [5.74, 6) is 0.820. The van der Waals surface area contributed by atoms with Crippen molar-refractivity contribution in [3.63, 3.8) is 0 Å². The lowest BCUT2D eigenvalue weighted by Crippen LogP contribution is -2.23. The average molecular weight is 297 g/mol. The SMILES string of the molecule is CCCC1CCC(C(=O)Cc2cc(F)ccc2Cl)CC1. The first kappa shape index (κ1) is 15.5. The molecule has 0 saturated heterocycles. The van der Waals surface area contributed by atoms with Gasteiger partial charge in [0.1, 0.15) is 11.6 Å². The number of hydrogen-bond acceptors (Lipinski definition) is 1. The number of ketones is 1. The predicted octanol–water partition coefficient (Wildman–Crippen LogP) is 5.20. The molecular weight excluding hydrogens is 275 g/mol. The van der Waals surface area contributed by atoms with Gasteiger partial charge in [-0.1, -0.05) is 31.4 Å². The molecule has 2 rings (SSSR count). The highest BCUT2D eigenvalue weighted by Crippen LogP contribution is 2.33. The van der Waals surface area contributed by atoms with Crippen molar-refractivity contribution in [2.24, 2.45) is 11.8 Å². The zero-order valence-electron chi connectivity index (χ0n) is 12.0. The van der Waals surface area contributed by atoms with Crippen LogP contribution in [-0.4, -0.2) is 5.78 Å². The van der Waals surface area contributed by atoms with Crippen molar-refractivity contribution in [2.45, 2.75) is 51.9 Å². The zero-order chi connectivity index (χ0) is 14.5. The Labute approximate surface area is 125 Å². The van der Waals surface area contributed by atoms with Gasteiger partial charge in [-0.25, -0.2) is 4.39 Å². The van der Waals surface area contributed by atoms with E-state index in [1.54, 1.807) is 0 Å². The van der Waals surface area contributed by atoms with Gasteiger partial charge < -0.3 is 0 Å². The molecule has 1 nitrogen and oxygen atoms in total. The molecular formula is C17H22ClFO. The van der Waals surface area contributed by atoms with E-state index < -0.39 is 0 Å². The topological polar surface area (TPSA) is 17.1 Å². The van der Waals surface area contributed by atoms with E-state index in [0.29, 0.717) is 10.6 Å². The monoisotopic (exact) mass is 296 g/mol. The van der Waals surface area contributed by atoms with Crippen LogP contribution in [-0.2, 0) is 11.2 Å². The van der Waals surface area contributed by atoms with Gasteiger partial charge in [0.15, 0.2) is 0 Å². The maximum atomic E-state index is 13.2. The molecule has 0 heterocycles. The third-order valence-corrected chi connectivity index (χ3v) is 4.74. The van der Waals surface area contributed by atoms with Crippen LogP contribution in [0.5, 0.6) is 0 Å². The van der Waals surface area contributed by atoms with Crippen LogP contribution in [0.4, 0.5) is 4.39 Å². The third kappa shape index (κ3) is 4.05. The molecule has 1 aromatic rings. The van der Waals surface area contributed by atoms with Crippen molar-refractivity contribution < 1.29 is 9.18 Å². The molecule has 0 unspecified atom stereocenters. The quantitative estimate of drug-likeness (QED) is 0.730. The molecule has 0 N–H and O–H groups in total. The lowest BCUT2D eigenvalue weighted by molar-refractivity contribution is -0.123. The van der Waals surface area contributed by atoms with E-state index in [0.717, 1.165) is 31.6 Å². The highest BCUT2D eigenvalue weighted by molar-refractivity contribution is 6.31. The molecule has 0 aromatic heterocycles. The molecule has 1 aliphatic carbocycles. The molecule has 1 fully saturated rings. The number of hydrogen-bond donors (Lipinski definition) is 0. The normalized spacial score (nSPS) is 22.8. The minimum Gasteiger partial charge on any atom is -0.299 e. The summed E-state index contributed by atoms with van der Waals surface area (Å²) < 4.78 is 13.2. The van der Waals surface area contributed by atoms with E-state index in [9.17, 15) is 9.18 Å². The van der Waals surface area contributed by atoms with Crippen LogP contribution in [0.3, 0.4) is 0 Å². The Hall–Kier alpha value is -0.890. The van der Waals surface area contributed by atoms with Gasteiger partial charge >= 0.3 is 0 Å². The van der Waals surface area contributed by atoms with Crippen molar-refractivity contribution in [3.8, 4) is 0 Å². The molecule has 110 valence electrons. The summed E-state index contributed by atoms with van der Waals surface area (Å²) in [6.45, 7) is 2.21. The van der Waals surface area contributed by atoms with Crippen molar-refractivity contribution in [1.29, 1.82) is 0 Å². The van der Waals surface area contributed by atoms with Crippen LogP contribution >= 0.6 is 11.6 Å². The molecule has 20 heavy (non-hydrogen) atoms. The zero-order valence-corrected chi connectivity index (χ0v) is 12.8. The standard InChI is InChI=1S/C17H22ClFO/c1-2-3-12-4-6-13(7-5-12)17(20)11-14-10-15(19)8-9-16(14)18/h8-10,12-13H,2-7,11H2,1H3. The second-order valence-corrected chi connectivity index (χ2v) is 6.29. The lowest BCUT2D eigenvalue weighted by Gasteiger charge is -2.27. The molecule has 1 aromatic carbocycles. The van der Waals surface area contributed by atoms with Crippen molar-refractivity contribution in [2.75, 3.05) is 0 Å². The molecule has 1 saturated carbocycles. The third-order valence-electron chi connectivity index (χ3n) is 4.37.